The molecule has 0 saturated heterocycles. The highest BCUT2D eigenvalue weighted by atomic mass is 79.9. The molecule has 2 N–H and O–H groups in total. The van der Waals surface area contributed by atoms with Crippen molar-refractivity contribution in [3.05, 3.63) is 80.7 Å². The minimum atomic E-state index is -0.149. The van der Waals surface area contributed by atoms with Gasteiger partial charge in [0.15, 0.2) is 0 Å². The largest absolute Gasteiger partial charge is 0.320 e. The normalized spacial score (nSPS) is 12.6. The van der Waals surface area contributed by atoms with E-state index in [1.54, 1.807) is 0 Å². The van der Waals surface area contributed by atoms with Gasteiger partial charge in [-0.3, -0.25) is 0 Å². The smallest absolute Gasteiger partial charge is 0.0568 e. The summed E-state index contributed by atoms with van der Waals surface area (Å²) in [5.41, 5.74) is 8.72. The van der Waals surface area contributed by atoms with Crippen molar-refractivity contribution >= 4 is 42.6 Å². The maximum atomic E-state index is 6.49. The Morgan fingerprint density at radius 1 is 0.650 bits per heavy atom. The number of halogens is 2. The Hall–Kier alpha value is -1.16. The molecular weight excluding hydrogens is 378 g/mol. The van der Waals surface area contributed by atoms with Crippen LogP contribution in [0, 0.1) is 0 Å². The highest BCUT2D eigenvalue weighted by Crippen LogP contribution is 2.33. The second kappa shape index (κ2) is 5.68. The predicted octanol–water partition coefficient (Wildman–Crippen LogP) is 5.41. The number of benzene rings is 3. The molecule has 0 aliphatic rings. The van der Waals surface area contributed by atoms with Crippen molar-refractivity contribution in [1.82, 2.24) is 0 Å². The molecule has 1 nitrogen and oxygen atoms in total. The highest BCUT2D eigenvalue weighted by molar-refractivity contribution is 9.11. The van der Waals surface area contributed by atoms with Crippen molar-refractivity contribution < 1.29 is 0 Å². The predicted molar refractivity (Wildman–Crippen MR) is 91.8 cm³/mol. The first-order chi connectivity index (χ1) is 9.68. The molecule has 3 aromatic rings. The Bertz CT molecular complexity index is 768. The van der Waals surface area contributed by atoms with Crippen molar-refractivity contribution in [2.24, 2.45) is 5.73 Å². The van der Waals surface area contributed by atoms with Gasteiger partial charge in [0, 0.05) is 8.95 Å². The molecule has 0 aromatic heterocycles. The lowest BCUT2D eigenvalue weighted by atomic mass is 9.94. The molecule has 0 radical (unpaired) electrons. The Morgan fingerprint density at radius 3 is 2.05 bits per heavy atom. The Kier molecular flexibility index (Phi) is 3.92. The van der Waals surface area contributed by atoms with Gasteiger partial charge in [0.2, 0.25) is 0 Å². The van der Waals surface area contributed by atoms with Gasteiger partial charge < -0.3 is 5.73 Å². The summed E-state index contributed by atoms with van der Waals surface area (Å²) in [6.07, 6.45) is 0. The first kappa shape index (κ1) is 13.8. The van der Waals surface area contributed by atoms with Gasteiger partial charge >= 0.3 is 0 Å². The van der Waals surface area contributed by atoms with E-state index in [-0.39, 0.29) is 6.04 Å². The molecule has 0 spiro atoms. The van der Waals surface area contributed by atoms with Crippen LogP contribution in [0.25, 0.3) is 10.8 Å². The second-order valence-electron chi connectivity index (χ2n) is 4.68. The average molecular weight is 391 g/mol. The average Bonchev–Trinajstić information content (AvgIpc) is 2.48. The van der Waals surface area contributed by atoms with Crippen LogP contribution in [0.3, 0.4) is 0 Å². The monoisotopic (exact) mass is 389 g/mol. The third-order valence-corrected chi connectivity index (χ3v) is 4.89. The molecule has 3 aromatic carbocycles. The number of hydrogen-bond acceptors (Lipinski definition) is 1. The van der Waals surface area contributed by atoms with Gasteiger partial charge in [-0.2, -0.15) is 0 Å². The highest BCUT2D eigenvalue weighted by Gasteiger charge is 2.15. The van der Waals surface area contributed by atoms with Crippen molar-refractivity contribution in [1.29, 1.82) is 0 Å². The molecule has 0 aliphatic carbocycles. The Morgan fingerprint density at radius 2 is 1.30 bits per heavy atom. The third kappa shape index (κ3) is 2.41. The summed E-state index contributed by atoms with van der Waals surface area (Å²) in [5.74, 6) is 0. The molecule has 0 aliphatic heterocycles. The molecule has 1 atom stereocenters. The van der Waals surface area contributed by atoms with Gasteiger partial charge in [-0.1, -0.05) is 80.4 Å². The van der Waals surface area contributed by atoms with E-state index in [0.29, 0.717) is 0 Å². The van der Waals surface area contributed by atoms with E-state index in [1.807, 2.05) is 30.3 Å². The summed E-state index contributed by atoms with van der Waals surface area (Å²) in [6.45, 7) is 0. The van der Waals surface area contributed by atoms with Crippen LogP contribution in [-0.4, -0.2) is 0 Å². The van der Waals surface area contributed by atoms with Crippen molar-refractivity contribution in [2.45, 2.75) is 6.04 Å². The zero-order chi connectivity index (χ0) is 14.1. The lowest BCUT2D eigenvalue weighted by molar-refractivity contribution is 0.875. The molecule has 0 heterocycles. The molecule has 0 amide bonds. The molecule has 0 saturated carbocycles. The van der Waals surface area contributed by atoms with E-state index < -0.39 is 0 Å². The van der Waals surface area contributed by atoms with Crippen LogP contribution in [0.2, 0.25) is 0 Å². The SMILES string of the molecule is NC(c1ccccc1Br)c1ccc(Br)c2ccccc12. The van der Waals surface area contributed by atoms with Crippen LogP contribution < -0.4 is 5.73 Å². The zero-order valence-electron chi connectivity index (χ0n) is 10.7. The Balaban J connectivity index is 2.20. The fourth-order valence-corrected chi connectivity index (χ4v) is 3.46. The number of rotatable bonds is 2. The van der Waals surface area contributed by atoms with E-state index in [9.17, 15) is 0 Å². The lowest BCUT2D eigenvalue weighted by Crippen LogP contribution is -2.13. The van der Waals surface area contributed by atoms with E-state index in [0.717, 1.165) is 20.1 Å². The van der Waals surface area contributed by atoms with Crippen LogP contribution in [-0.2, 0) is 0 Å². The summed E-state index contributed by atoms with van der Waals surface area (Å²) in [5, 5.41) is 2.37. The Labute approximate surface area is 135 Å². The topological polar surface area (TPSA) is 26.0 Å². The molecular formula is C17H13Br2N. The minimum Gasteiger partial charge on any atom is -0.320 e. The molecule has 0 bridgehead atoms. The van der Waals surface area contributed by atoms with Gasteiger partial charge in [0.25, 0.3) is 0 Å². The van der Waals surface area contributed by atoms with Crippen LogP contribution in [0.1, 0.15) is 17.2 Å². The summed E-state index contributed by atoms with van der Waals surface area (Å²) < 4.78 is 2.13. The number of nitrogens with two attached hydrogens (primary N) is 1. The molecule has 20 heavy (non-hydrogen) atoms. The fourth-order valence-electron chi connectivity index (χ4n) is 2.45. The molecule has 1 unspecified atom stereocenters. The lowest BCUT2D eigenvalue weighted by Gasteiger charge is -2.17. The summed E-state index contributed by atoms with van der Waals surface area (Å²) in [7, 11) is 0. The maximum Gasteiger partial charge on any atom is 0.0568 e. The zero-order valence-corrected chi connectivity index (χ0v) is 13.9. The van der Waals surface area contributed by atoms with Crippen molar-refractivity contribution in [2.75, 3.05) is 0 Å². The van der Waals surface area contributed by atoms with Crippen molar-refractivity contribution in [3.63, 3.8) is 0 Å². The van der Waals surface area contributed by atoms with Gasteiger partial charge in [0.1, 0.15) is 0 Å². The van der Waals surface area contributed by atoms with E-state index in [2.05, 4.69) is 62.2 Å². The van der Waals surface area contributed by atoms with E-state index >= 15 is 0 Å². The molecule has 3 heteroatoms. The molecule has 100 valence electrons. The number of fused-ring (bicyclic) bond motifs is 1. The minimum absolute atomic E-state index is 0.149. The maximum absolute atomic E-state index is 6.49. The van der Waals surface area contributed by atoms with Crippen LogP contribution in [0.5, 0.6) is 0 Å². The second-order valence-corrected chi connectivity index (χ2v) is 6.39. The number of hydrogen-bond donors (Lipinski definition) is 1. The van der Waals surface area contributed by atoms with Crippen LogP contribution >= 0.6 is 31.9 Å². The quantitative estimate of drug-likeness (QED) is 0.621. The summed E-state index contributed by atoms with van der Waals surface area (Å²) in [4.78, 5) is 0. The van der Waals surface area contributed by atoms with Gasteiger partial charge in [-0.05, 0) is 34.0 Å². The molecule has 0 fully saturated rings. The van der Waals surface area contributed by atoms with E-state index in [1.165, 1.54) is 10.8 Å². The third-order valence-electron chi connectivity index (χ3n) is 3.48. The fraction of sp³-hybridized carbons (Fsp3) is 0.0588. The van der Waals surface area contributed by atoms with Gasteiger partial charge in [-0.15, -0.1) is 0 Å². The summed E-state index contributed by atoms with van der Waals surface area (Å²) in [6, 6.07) is 20.4. The molecule has 3 rings (SSSR count). The van der Waals surface area contributed by atoms with Gasteiger partial charge in [-0.25, -0.2) is 0 Å². The van der Waals surface area contributed by atoms with Crippen molar-refractivity contribution in [3.8, 4) is 0 Å². The van der Waals surface area contributed by atoms with Crippen LogP contribution in [0.15, 0.2) is 69.6 Å². The van der Waals surface area contributed by atoms with Gasteiger partial charge in [0.05, 0.1) is 6.04 Å². The summed E-state index contributed by atoms with van der Waals surface area (Å²) >= 11 is 7.18. The first-order valence-corrected chi connectivity index (χ1v) is 7.94. The standard InChI is InChI=1S/C17H13Br2N/c18-15-8-4-3-7-14(15)17(20)13-9-10-16(19)12-6-2-1-5-11(12)13/h1-10,17H,20H2. The first-order valence-electron chi connectivity index (χ1n) is 6.35. The van der Waals surface area contributed by atoms with E-state index in [4.69, 9.17) is 5.73 Å². The van der Waals surface area contributed by atoms with Crippen LogP contribution in [0.4, 0.5) is 0 Å².